The van der Waals surface area contributed by atoms with Crippen molar-refractivity contribution >= 4 is 12.5 Å². The zero-order valence-electron chi connectivity index (χ0n) is 7.25. The van der Waals surface area contributed by atoms with Crippen LogP contribution in [-0.4, -0.2) is 31.5 Å². The molecule has 0 bridgehead atoms. The van der Waals surface area contributed by atoms with E-state index in [1.54, 1.807) is 4.90 Å². The fourth-order valence-electron chi connectivity index (χ4n) is 0. The smallest absolute Gasteiger partial charge is 0.652 e. The number of nitrogens with one attached hydrogen (secondary N) is 1. The molecule has 11 heavy (non-hydrogen) atoms. The van der Waals surface area contributed by atoms with Crippen molar-refractivity contribution in [1.29, 1.82) is 5.41 Å². The summed E-state index contributed by atoms with van der Waals surface area (Å²) in [5, 5.41) is 23.1. The summed E-state index contributed by atoms with van der Waals surface area (Å²) in [4.78, 5) is 10.0. The van der Waals surface area contributed by atoms with E-state index >= 15 is 0 Å². The number of carbonyl (C=O) groups excluding carboxylic acids is 1. The molecular weight excluding hydrogens is 202 g/mol. The quantitative estimate of drug-likeness (QED) is 0.264. The summed E-state index contributed by atoms with van der Waals surface area (Å²) in [5.41, 5.74) is 0. The van der Waals surface area contributed by atoms with Crippen molar-refractivity contribution in [2.24, 2.45) is 0 Å². The van der Waals surface area contributed by atoms with E-state index < -0.39 is 6.16 Å². The van der Waals surface area contributed by atoms with Gasteiger partial charge in [0.25, 0.3) is 0 Å². The first kappa shape index (κ1) is 23.1. The standard InChI is InChI=1S/C3H8N2.CH2O3.2K/c1-5(2)3-4;2-1(3)4;;/h3-4H,1-2H3;(H2,2,3,4);;/q;;2*+1/p-2. The van der Waals surface area contributed by atoms with Crippen LogP contribution in [-0.2, 0) is 0 Å². The molecule has 0 radical (unpaired) electrons. The summed E-state index contributed by atoms with van der Waals surface area (Å²) < 4.78 is 0. The average molecular weight is 210 g/mol. The molecule has 0 atom stereocenters. The minimum Gasteiger partial charge on any atom is -0.652 e. The van der Waals surface area contributed by atoms with E-state index in [4.69, 9.17) is 20.4 Å². The van der Waals surface area contributed by atoms with Crippen molar-refractivity contribution in [1.82, 2.24) is 4.90 Å². The van der Waals surface area contributed by atoms with Crippen molar-refractivity contribution < 1.29 is 118 Å². The third kappa shape index (κ3) is 74.8. The minimum atomic E-state index is -2.33. The summed E-state index contributed by atoms with van der Waals surface area (Å²) in [7, 11) is 3.62. The van der Waals surface area contributed by atoms with Crippen LogP contribution in [0.3, 0.4) is 0 Å². The van der Waals surface area contributed by atoms with Crippen LogP contribution in [0.15, 0.2) is 0 Å². The van der Waals surface area contributed by atoms with E-state index in [2.05, 4.69) is 0 Å². The Morgan fingerprint density at radius 3 is 1.45 bits per heavy atom. The van der Waals surface area contributed by atoms with Gasteiger partial charge in [0.1, 0.15) is 0 Å². The van der Waals surface area contributed by atoms with Crippen molar-refractivity contribution in [2.45, 2.75) is 0 Å². The van der Waals surface area contributed by atoms with Gasteiger partial charge in [0.2, 0.25) is 0 Å². The molecule has 0 saturated heterocycles. The molecule has 0 fully saturated rings. The molecule has 0 aromatic rings. The summed E-state index contributed by atoms with van der Waals surface area (Å²) in [6.45, 7) is 0. The number of hydrogen-bond donors (Lipinski definition) is 1. The Bertz CT molecular complexity index is 95.3. The third-order valence-corrected chi connectivity index (χ3v) is 0.258. The van der Waals surface area contributed by atoms with Gasteiger partial charge in [0.15, 0.2) is 0 Å². The van der Waals surface area contributed by atoms with Crippen LogP contribution < -0.4 is 113 Å². The van der Waals surface area contributed by atoms with Gasteiger partial charge in [-0.2, -0.15) is 0 Å². The Kier molecular flexibility index (Phi) is 37.7. The van der Waals surface area contributed by atoms with Gasteiger partial charge in [0.05, 0.1) is 6.34 Å². The van der Waals surface area contributed by atoms with Crippen LogP contribution in [0.1, 0.15) is 0 Å². The molecule has 0 amide bonds. The fraction of sp³-hybridized carbons (Fsp3) is 0.500. The molecule has 5 nitrogen and oxygen atoms in total. The van der Waals surface area contributed by atoms with Gasteiger partial charge in [0, 0.05) is 14.1 Å². The topological polar surface area (TPSA) is 90.3 Å². The zero-order chi connectivity index (χ0) is 7.86. The molecule has 0 aromatic heterocycles. The first-order valence-electron chi connectivity index (χ1n) is 2.05. The average Bonchev–Trinajstić information content (AvgIpc) is 1.65. The molecule has 0 aliphatic rings. The summed E-state index contributed by atoms with van der Waals surface area (Å²) >= 11 is 0. The van der Waals surface area contributed by atoms with E-state index in [1.165, 1.54) is 6.34 Å². The molecule has 0 aromatic carbocycles. The molecule has 0 unspecified atom stereocenters. The predicted octanol–water partition coefficient (Wildman–Crippen LogP) is -8.28. The maximum Gasteiger partial charge on any atom is 1.00 e. The van der Waals surface area contributed by atoms with Gasteiger partial charge in [-0.15, -0.1) is 0 Å². The SMILES string of the molecule is CN(C)C=N.O=C([O-])[O-].[K+].[K+]. The number of carbonyl (C=O) groups is 1. The van der Waals surface area contributed by atoms with E-state index in [-0.39, 0.29) is 103 Å². The van der Waals surface area contributed by atoms with Crippen LogP contribution in [0.2, 0.25) is 0 Å². The van der Waals surface area contributed by atoms with Gasteiger partial charge < -0.3 is 19.9 Å². The van der Waals surface area contributed by atoms with Crippen molar-refractivity contribution in [2.75, 3.05) is 14.1 Å². The van der Waals surface area contributed by atoms with Gasteiger partial charge in [-0.3, -0.25) is 5.41 Å². The van der Waals surface area contributed by atoms with Crippen molar-refractivity contribution in [3.05, 3.63) is 0 Å². The summed E-state index contributed by atoms with van der Waals surface area (Å²) in [6, 6.07) is 0. The monoisotopic (exact) mass is 210 g/mol. The molecule has 54 valence electrons. The van der Waals surface area contributed by atoms with E-state index in [1.807, 2.05) is 14.1 Å². The molecule has 7 heteroatoms. The number of nitrogens with zero attached hydrogens (tertiary/aromatic N) is 1. The van der Waals surface area contributed by atoms with Crippen molar-refractivity contribution in [3.63, 3.8) is 0 Å². The molecule has 0 heterocycles. The molecule has 0 rings (SSSR count). The largest absolute Gasteiger partial charge is 1.00 e. The second kappa shape index (κ2) is 17.9. The van der Waals surface area contributed by atoms with Crippen LogP contribution in [0.25, 0.3) is 0 Å². The first-order valence-corrected chi connectivity index (χ1v) is 2.05. The van der Waals surface area contributed by atoms with E-state index in [9.17, 15) is 0 Å². The fourth-order valence-corrected chi connectivity index (χ4v) is 0. The van der Waals surface area contributed by atoms with Crippen LogP contribution in [0, 0.1) is 5.41 Å². The van der Waals surface area contributed by atoms with Crippen molar-refractivity contribution in [3.8, 4) is 0 Å². The second-order valence-corrected chi connectivity index (χ2v) is 1.34. The Morgan fingerprint density at radius 1 is 1.36 bits per heavy atom. The van der Waals surface area contributed by atoms with E-state index in [0.29, 0.717) is 0 Å². The summed E-state index contributed by atoms with van der Waals surface area (Å²) in [5.74, 6) is 0. The molecule has 0 aliphatic carbocycles. The molecule has 0 saturated carbocycles. The van der Waals surface area contributed by atoms with Gasteiger partial charge in [-0.25, -0.2) is 0 Å². The van der Waals surface area contributed by atoms with E-state index in [0.717, 1.165) is 0 Å². The third-order valence-electron chi connectivity index (χ3n) is 0.258. The maximum atomic E-state index is 8.33. The maximum absolute atomic E-state index is 8.33. The Balaban J connectivity index is -0.0000000383. The molecular formula is C4H8K2N2O3. The minimum absolute atomic E-state index is 0. The van der Waals surface area contributed by atoms with Gasteiger partial charge in [-0.1, -0.05) is 0 Å². The number of carboxylic acid groups (broad SMARTS) is 2. The Hall–Kier alpha value is 2.01. The molecule has 1 N–H and O–H groups in total. The van der Waals surface area contributed by atoms with Crippen LogP contribution in [0.4, 0.5) is 4.79 Å². The summed E-state index contributed by atoms with van der Waals surface area (Å²) in [6.07, 6.45) is -1.08. The van der Waals surface area contributed by atoms with Crippen LogP contribution >= 0.6 is 0 Å². The molecule has 0 spiro atoms. The Morgan fingerprint density at radius 2 is 1.45 bits per heavy atom. The molecule has 0 aliphatic heterocycles. The Labute approximate surface area is 151 Å². The second-order valence-electron chi connectivity index (χ2n) is 1.34. The van der Waals surface area contributed by atoms with Gasteiger partial charge in [-0.05, 0) is 6.16 Å². The predicted molar refractivity (Wildman–Crippen MR) is 27.9 cm³/mol. The normalized spacial score (nSPS) is 5.27. The number of rotatable bonds is 1. The zero-order valence-corrected chi connectivity index (χ0v) is 13.5. The number of hydrogen-bond acceptors (Lipinski definition) is 4. The van der Waals surface area contributed by atoms with Crippen LogP contribution in [0.5, 0.6) is 0 Å². The first-order chi connectivity index (χ1) is 4.00. The van der Waals surface area contributed by atoms with Gasteiger partial charge >= 0.3 is 103 Å².